The Morgan fingerprint density at radius 3 is 2.64 bits per heavy atom. The van der Waals surface area contributed by atoms with Crippen LogP contribution in [-0.2, 0) is 16.0 Å². The molecule has 1 aliphatic carbocycles. The molecular weight excluding hydrogens is 282 g/mol. The Balaban J connectivity index is 1.70. The highest BCUT2D eigenvalue weighted by atomic mass is 16.5. The molecule has 0 aromatic heterocycles. The highest BCUT2D eigenvalue weighted by Gasteiger charge is 2.16. The third kappa shape index (κ3) is 2.93. The molecule has 0 unspecified atom stereocenters. The molecule has 5 heteroatoms. The van der Waals surface area contributed by atoms with Crippen LogP contribution in [0.4, 0.5) is 4.79 Å². The summed E-state index contributed by atoms with van der Waals surface area (Å²) in [6, 6.07) is 12.4. The van der Waals surface area contributed by atoms with E-state index < -0.39 is 18.6 Å². The lowest BCUT2D eigenvalue weighted by Crippen LogP contribution is -2.30. The third-order valence-corrected chi connectivity index (χ3v) is 3.63. The number of fused-ring (bicyclic) bond motifs is 2. The van der Waals surface area contributed by atoms with E-state index in [4.69, 9.17) is 9.84 Å². The van der Waals surface area contributed by atoms with Crippen molar-refractivity contribution in [1.29, 1.82) is 0 Å². The summed E-state index contributed by atoms with van der Waals surface area (Å²) in [6.45, 7) is -0.310. The van der Waals surface area contributed by atoms with Crippen LogP contribution in [0.5, 0.6) is 0 Å². The molecule has 0 saturated heterocycles. The number of nitrogens with one attached hydrogen (secondary N) is 1. The van der Waals surface area contributed by atoms with E-state index in [-0.39, 0.29) is 6.61 Å². The van der Waals surface area contributed by atoms with Crippen LogP contribution in [0.25, 0.3) is 16.3 Å². The molecule has 2 N–H and O–H groups in total. The van der Waals surface area contributed by atoms with Gasteiger partial charge >= 0.3 is 12.1 Å². The highest BCUT2D eigenvalue weighted by Crippen LogP contribution is 2.31. The molecule has 22 heavy (non-hydrogen) atoms. The summed E-state index contributed by atoms with van der Waals surface area (Å²) >= 11 is 0. The monoisotopic (exact) mass is 297 g/mol. The van der Waals surface area contributed by atoms with Crippen LogP contribution in [-0.4, -0.2) is 30.3 Å². The van der Waals surface area contributed by atoms with Gasteiger partial charge in [0.25, 0.3) is 0 Å². The van der Waals surface area contributed by atoms with Crippen molar-refractivity contribution < 1.29 is 19.4 Å². The summed E-state index contributed by atoms with van der Waals surface area (Å²) in [5, 5.41) is 13.0. The molecule has 5 nitrogen and oxygen atoms in total. The second kappa shape index (κ2) is 5.89. The van der Waals surface area contributed by atoms with Gasteiger partial charge in [0.2, 0.25) is 0 Å². The van der Waals surface area contributed by atoms with Gasteiger partial charge in [-0.1, -0.05) is 36.4 Å². The van der Waals surface area contributed by atoms with Gasteiger partial charge in [0.05, 0.1) is 0 Å². The van der Waals surface area contributed by atoms with Crippen molar-refractivity contribution in [3.8, 4) is 0 Å². The summed E-state index contributed by atoms with van der Waals surface area (Å²) in [5.41, 5.74) is 3.25. The number of benzene rings is 2. The van der Waals surface area contributed by atoms with E-state index >= 15 is 0 Å². The van der Waals surface area contributed by atoms with E-state index in [1.807, 2.05) is 24.3 Å². The van der Waals surface area contributed by atoms with Crippen molar-refractivity contribution in [2.75, 3.05) is 13.2 Å². The number of carboxylic acid groups (broad SMARTS) is 1. The van der Waals surface area contributed by atoms with Crippen molar-refractivity contribution in [3.63, 3.8) is 0 Å². The molecule has 0 aliphatic heterocycles. The molecule has 1 aliphatic rings. The zero-order valence-corrected chi connectivity index (χ0v) is 11.8. The summed E-state index contributed by atoms with van der Waals surface area (Å²) in [4.78, 5) is 21.8. The fourth-order valence-electron chi connectivity index (χ4n) is 2.58. The van der Waals surface area contributed by atoms with Gasteiger partial charge in [-0.15, -0.1) is 0 Å². The molecule has 1 amide bonds. The molecule has 0 heterocycles. The van der Waals surface area contributed by atoms with Gasteiger partial charge in [-0.3, -0.25) is 4.79 Å². The first-order chi connectivity index (χ1) is 10.6. The van der Waals surface area contributed by atoms with Crippen molar-refractivity contribution >= 4 is 28.4 Å². The summed E-state index contributed by atoms with van der Waals surface area (Å²) < 4.78 is 5.06. The maximum Gasteiger partial charge on any atom is 0.407 e. The smallest absolute Gasteiger partial charge is 0.407 e. The van der Waals surface area contributed by atoms with Crippen LogP contribution in [0.2, 0.25) is 0 Å². The molecule has 0 spiro atoms. The highest BCUT2D eigenvalue weighted by molar-refractivity contribution is 5.90. The lowest BCUT2D eigenvalue weighted by molar-refractivity contribution is -0.135. The van der Waals surface area contributed by atoms with Crippen LogP contribution in [0.15, 0.2) is 42.5 Å². The van der Waals surface area contributed by atoms with E-state index in [1.165, 1.54) is 10.9 Å². The molecule has 0 atom stereocenters. The first-order valence-corrected chi connectivity index (χ1v) is 6.97. The number of hydrogen-bond acceptors (Lipinski definition) is 3. The minimum atomic E-state index is -1.10. The predicted molar refractivity (Wildman–Crippen MR) is 82.6 cm³/mol. The van der Waals surface area contributed by atoms with Gasteiger partial charge in [0.15, 0.2) is 0 Å². The number of ether oxygens (including phenoxy) is 1. The van der Waals surface area contributed by atoms with Crippen LogP contribution in [0, 0.1) is 0 Å². The molecule has 0 radical (unpaired) electrons. The minimum Gasteiger partial charge on any atom is -0.480 e. The lowest BCUT2D eigenvalue weighted by atomic mass is 10.00. The number of aliphatic carboxylic acids is 1. The first-order valence-electron chi connectivity index (χ1n) is 6.97. The normalized spacial score (nSPS) is 12.6. The first kappa shape index (κ1) is 14.1. The average molecular weight is 297 g/mol. The summed E-state index contributed by atoms with van der Waals surface area (Å²) in [5.74, 6) is -1.10. The van der Waals surface area contributed by atoms with Crippen LogP contribution >= 0.6 is 0 Å². The van der Waals surface area contributed by atoms with Crippen LogP contribution < -0.4 is 5.32 Å². The average Bonchev–Trinajstić information content (AvgIpc) is 2.90. The van der Waals surface area contributed by atoms with Crippen molar-refractivity contribution in [2.45, 2.75) is 6.42 Å². The minimum absolute atomic E-state index is 0.136. The zero-order valence-electron chi connectivity index (χ0n) is 11.8. The fraction of sp³-hybridized carbons (Fsp3) is 0.176. The fourth-order valence-corrected chi connectivity index (χ4v) is 2.58. The largest absolute Gasteiger partial charge is 0.480 e. The maximum absolute atomic E-state index is 11.4. The van der Waals surface area contributed by atoms with Crippen LogP contribution in [0.3, 0.4) is 0 Å². The number of amides is 1. The van der Waals surface area contributed by atoms with Gasteiger partial charge in [-0.05, 0) is 40.0 Å². The van der Waals surface area contributed by atoms with Gasteiger partial charge in [-0.25, -0.2) is 4.79 Å². The number of hydrogen-bond donors (Lipinski definition) is 2. The predicted octanol–water partition coefficient (Wildman–Crippen LogP) is 2.59. The maximum atomic E-state index is 11.4. The molecule has 0 bridgehead atoms. The number of carboxylic acids is 1. The van der Waals surface area contributed by atoms with Crippen molar-refractivity contribution in [1.82, 2.24) is 5.32 Å². The van der Waals surface area contributed by atoms with Crippen molar-refractivity contribution in [3.05, 3.63) is 53.6 Å². The van der Waals surface area contributed by atoms with Crippen LogP contribution in [0.1, 0.15) is 11.1 Å². The lowest BCUT2D eigenvalue weighted by Gasteiger charge is -2.09. The zero-order chi connectivity index (χ0) is 15.5. The number of carbonyl (C=O) groups excluding carboxylic acids is 1. The Labute approximate surface area is 127 Å². The van der Waals surface area contributed by atoms with Gasteiger partial charge in [0.1, 0.15) is 13.2 Å². The topological polar surface area (TPSA) is 75.6 Å². The molecule has 2 aromatic carbocycles. The van der Waals surface area contributed by atoms with E-state index in [0.29, 0.717) is 0 Å². The second-order valence-electron chi connectivity index (χ2n) is 5.11. The Morgan fingerprint density at radius 2 is 1.91 bits per heavy atom. The quantitative estimate of drug-likeness (QED) is 0.909. The molecule has 2 aromatic rings. The SMILES string of the molecule is O=C(O)CNC(=O)OCC1=CCc2cc3ccccc3cc21. The van der Waals surface area contributed by atoms with E-state index in [2.05, 4.69) is 23.5 Å². The Bertz CT molecular complexity index is 779. The number of rotatable bonds is 4. The van der Waals surface area contributed by atoms with E-state index in [1.54, 1.807) is 0 Å². The number of carbonyl (C=O) groups is 2. The molecule has 0 saturated carbocycles. The summed E-state index contributed by atoms with van der Waals surface area (Å²) in [7, 11) is 0. The molecular formula is C17H15NO4. The third-order valence-electron chi connectivity index (χ3n) is 3.63. The van der Waals surface area contributed by atoms with Gasteiger partial charge in [0, 0.05) is 0 Å². The van der Waals surface area contributed by atoms with Crippen molar-refractivity contribution in [2.24, 2.45) is 0 Å². The van der Waals surface area contributed by atoms with Gasteiger partial charge in [-0.2, -0.15) is 0 Å². The Kier molecular flexibility index (Phi) is 3.78. The number of allylic oxidation sites excluding steroid dienone is 1. The Hall–Kier alpha value is -2.82. The summed E-state index contributed by atoms with van der Waals surface area (Å²) in [6.07, 6.45) is 2.13. The molecule has 112 valence electrons. The Morgan fingerprint density at radius 1 is 1.18 bits per heavy atom. The standard InChI is InChI=1S/C17H15NO4/c19-16(20)9-18-17(21)22-10-14-6-5-13-7-11-3-1-2-4-12(11)8-15(13)14/h1-4,6-8H,5,9-10H2,(H,18,21)(H,19,20). The molecule has 3 rings (SSSR count). The van der Waals surface area contributed by atoms with E-state index in [0.717, 1.165) is 22.9 Å². The van der Waals surface area contributed by atoms with E-state index in [9.17, 15) is 9.59 Å². The number of alkyl carbamates (subject to hydrolysis) is 1. The second-order valence-corrected chi connectivity index (χ2v) is 5.11. The van der Waals surface area contributed by atoms with Gasteiger partial charge < -0.3 is 15.2 Å². The molecule has 0 fully saturated rings.